The quantitative estimate of drug-likeness (QED) is 0.638. The summed E-state index contributed by atoms with van der Waals surface area (Å²) in [6.45, 7) is 3.43. The summed E-state index contributed by atoms with van der Waals surface area (Å²) in [6, 6.07) is 7.12. The summed E-state index contributed by atoms with van der Waals surface area (Å²) in [6.07, 6.45) is 0. The number of nitrogens with two attached hydrogens (primary N) is 1. The van der Waals surface area contributed by atoms with Crippen molar-refractivity contribution in [1.82, 2.24) is 0 Å². The molecule has 0 saturated heterocycles. The van der Waals surface area contributed by atoms with Crippen molar-refractivity contribution < 1.29 is 8.42 Å². The average Bonchev–Trinajstić information content (AvgIpc) is 2.27. The summed E-state index contributed by atoms with van der Waals surface area (Å²) >= 11 is 5.63. The highest BCUT2D eigenvalue weighted by molar-refractivity contribution is 7.93. The van der Waals surface area contributed by atoms with Crippen molar-refractivity contribution in [3.05, 3.63) is 24.3 Å². The zero-order chi connectivity index (χ0) is 13.1. The SMILES string of the molecule is CC(Cl)S(=O)(=O)C(C)CNc1ccc(N)cc1. The molecule has 1 aromatic carbocycles. The summed E-state index contributed by atoms with van der Waals surface area (Å²) in [7, 11) is -3.28. The Labute approximate surface area is 107 Å². The third-order valence-corrected chi connectivity index (χ3v) is 5.46. The van der Waals surface area contributed by atoms with Gasteiger partial charge >= 0.3 is 0 Å². The molecular weight excluding hydrogens is 260 g/mol. The van der Waals surface area contributed by atoms with E-state index in [1.807, 2.05) is 0 Å². The maximum absolute atomic E-state index is 11.7. The number of benzene rings is 1. The molecule has 0 spiro atoms. The van der Waals surface area contributed by atoms with Gasteiger partial charge in [0.2, 0.25) is 0 Å². The third-order valence-electron chi connectivity index (χ3n) is 2.52. The van der Waals surface area contributed by atoms with Crippen LogP contribution in [0.15, 0.2) is 24.3 Å². The van der Waals surface area contributed by atoms with Crippen LogP contribution in [-0.4, -0.2) is 24.9 Å². The number of nitrogens with one attached hydrogen (secondary N) is 1. The molecule has 1 aromatic rings. The predicted molar refractivity (Wildman–Crippen MR) is 73.0 cm³/mol. The van der Waals surface area contributed by atoms with E-state index in [1.54, 1.807) is 31.2 Å². The Kier molecular flexibility index (Phi) is 4.65. The van der Waals surface area contributed by atoms with E-state index in [-0.39, 0.29) is 0 Å². The molecule has 6 heteroatoms. The summed E-state index contributed by atoms with van der Waals surface area (Å²) in [5.74, 6) is 0. The van der Waals surface area contributed by atoms with Gasteiger partial charge in [0.05, 0.1) is 5.25 Å². The fourth-order valence-electron chi connectivity index (χ4n) is 1.30. The zero-order valence-corrected chi connectivity index (χ0v) is 11.4. The third kappa shape index (κ3) is 3.78. The van der Waals surface area contributed by atoms with Crippen LogP contribution in [0.3, 0.4) is 0 Å². The van der Waals surface area contributed by atoms with Crippen molar-refractivity contribution in [2.75, 3.05) is 17.6 Å². The van der Waals surface area contributed by atoms with Gasteiger partial charge in [-0.1, -0.05) is 0 Å². The topological polar surface area (TPSA) is 72.2 Å². The average molecular weight is 277 g/mol. The number of rotatable bonds is 5. The maximum atomic E-state index is 11.7. The Morgan fingerprint density at radius 1 is 1.29 bits per heavy atom. The highest BCUT2D eigenvalue weighted by atomic mass is 35.5. The van der Waals surface area contributed by atoms with Crippen molar-refractivity contribution >= 4 is 32.8 Å². The lowest BCUT2D eigenvalue weighted by atomic mass is 10.3. The fourth-order valence-corrected chi connectivity index (χ4v) is 2.78. The molecule has 0 aliphatic rings. The first-order valence-electron chi connectivity index (χ1n) is 5.30. The largest absolute Gasteiger partial charge is 0.399 e. The fraction of sp³-hybridized carbons (Fsp3) is 0.455. The molecule has 0 radical (unpaired) electrons. The van der Waals surface area contributed by atoms with Gasteiger partial charge in [0.1, 0.15) is 4.71 Å². The first-order valence-corrected chi connectivity index (χ1v) is 7.35. The summed E-state index contributed by atoms with van der Waals surface area (Å²) in [4.78, 5) is 0. The molecule has 2 unspecified atom stereocenters. The minimum Gasteiger partial charge on any atom is -0.399 e. The smallest absolute Gasteiger partial charge is 0.171 e. The normalized spacial score (nSPS) is 15.2. The Hall–Kier alpha value is -0.940. The summed E-state index contributed by atoms with van der Waals surface area (Å²) < 4.78 is 22.6. The van der Waals surface area contributed by atoms with Crippen LogP contribution in [0.1, 0.15) is 13.8 Å². The van der Waals surface area contributed by atoms with Gasteiger partial charge in [0.15, 0.2) is 9.84 Å². The van der Waals surface area contributed by atoms with Crippen LogP contribution in [0.4, 0.5) is 11.4 Å². The monoisotopic (exact) mass is 276 g/mol. The van der Waals surface area contributed by atoms with Crippen molar-refractivity contribution in [3.63, 3.8) is 0 Å². The van der Waals surface area contributed by atoms with Gasteiger partial charge in [0, 0.05) is 17.9 Å². The van der Waals surface area contributed by atoms with Crippen LogP contribution in [0.5, 0.6) is 0 Å². The zero-order valence-electron chi connectivity index (χ0n) is 9.85. The molecule has 0 heterocycles. The van der Waals surface area contributed by atoms with E-state index in [0.29, 0.717) is 12.2 Å². The van der Waals surface area contributed by atoms with Gasteiger partial charge in [-0.2, -0.15) is 0 Å². The van der Waals surface area contributed by atoms with E-state index >= 15 is 0 Å². The van der Waals surface area contributed by atoms with E-state index in [0.717, 1.165) is 5.69 Å². The van der Waals surface area contributed by atoms with Gasteiger partial charge < -0.3 is 11.1 Å². The molecule has 0 amide bonds. The number of sulfone groups is 1. The molecule has 1 rings (SSSR count). The van der Waals surface area contributed by atoms with Crippen LogP contribution in [-0.2, 0) is 9.84 Å². The standard InChI is InChI=1S/C11H17ClN2O2S/c1-8(17(15,16)9(2)12)7-14-11-5-3-10(13)4-6-11/h3-6,8-9,14H,7,13H2,1-2H3. The molecule has 4 nitrogen and oxygen atoms in total. The molecule has 17 heavy (non-hydrogen) atoms. The van der Waals surface area contributed by atoms with E-state index in [4.69, 9.17) is 17.3 Å². The van der Waals surface area contributed by atoms with E-state index < -0.39 is 19.8 Å². The van der Waals surface area contributed by atoms with Crippen molar-refractivity contribution in [3.8, 4) is 0 Å². The predicted octanol–water partition coefficient (Wildman–Crippen LogP) is 2.07. The lowest BCUT2D eigenvalue weighted by Gasteiger charge is -2.16. The number of anilines is 2. The minimum atomic E-state index is -3.28. The first kappa shape index (κ1) is 14.1. The Morgan fingerprint density at radius 2 is 1.82 bits per heavy atom. The van der Waals surface area contributed by atoms with Crippen LogP contribution >= 0.6 is 11.6 Å². The molecule has 3 N–H and O–H groups in total. The Morgan fingerprint density at radius 3 is 2.29 bits per heavy atom. The van der Waals surface area contributed by atoms with Crippen LogP contribution < -0.4 is 11.1 Å². The molecule has 96 valence electrons. The van der Waals surface area contributed by atoms with Crippen molar-refractivity contribution in [1.29, 1.82) is 0 Å². The first-order chi connectivity index (χ1) is 7.84. The number of hydrogen-bond acceptors (Lipinski definition) is 4. The van der Waals surface area contributed by atoms with E-state index in [1.165, 1.54) is 6.92 Å². The number of hydrogen-bond donors (Lipinski definition) is 2. The second-order valence-electron chi connectivity index (χ2n) is 3.95. The highest BCUT2D eigenvalue weighted by Crippen LogP contribution is 2.15. The highest BCUT2D eigenvalue weighted by Gasteiger charge is 2.25. The maximum Gasteiger partial charge on any atom is 0.171 e. The lowest BCUT2D eigenvalue weighted by molar-refractivity contribution is 0.583. The molecule has 0 aliphatic heterocycles. The van der Waals surface area contributed by atoms with Gasteiger partial charge in [-0.25, -0.2) is 8.42 Å². The molecule has 0 saturated carbocycles. The van der Waals surface area contributed by atoms with Crippen LogP contribution in [0, 0.1) is 0 Å². The number of nitrogen functional groups attached to an aromatic ring is 1. The molecular formula is C11H17ClN2O2S. The molecule has 2 atom stereocenters. The van der Waals surface area contributed by atoms with Crippen molar-refractivity contribution in [2.24, 2.45) is 0 Å². The van der Waals surface area contributed by atoms with Gasteiger partial charge in [-0.3, -0.25) is 0 Å². The van der Waals surface area contributed by atoms with Gasteiger partial charge in [0.25, 0.3) is 0 Å². The second kappa shape index (κ2) is 5.60. The van der Waals surface area contributed by atoms with E-state index in [9.17, 15) is 8.42 Å². The molecule has 0 fully saturated rings. The number of alkyl halides is 1. The lowest BCUT2D eigenvalue weighted by Crippen LogP contribution is -2.30. The Bertz CT molecular complexity index is 457. The number of halogens is 1. The van der Waals surface area contributed by atoms with E-state index in [2.05, 4.69) is 5.32 Å². The van der Waals surface area contributed by atoms with Crippen LogP contribution in [0.2, 0.25) is 0 Å². The van der Waals surface area contributed by atoms with Gasteiger partial charge in [-0.05, 0) is 38.1 Å². The summed E-state index contributed by atoms with van der Waals surface area (Å²) in [5.41, 5.74) is 7.06. The molecule has 0 aliphatic carbocycles. The van der Waals surface area contributed by atoms with Crippen molar-refractivity contribution in [2.45, 2.75) is 23.8 Å². The minimum absolute atomic E-state index is 0.323. The Balaban J connectivity index is 2.60. The summed E-state index contributed by atoms with van der Waals surface area (Å²) in [5, 5.41) is 2.50. The molecule has 0 bridgehead atoms. The van der Waals surface area contributed by atoms with Crippen LogP contribution in [0.25, 0.3) is 0 Å². The van der Waals surface area contributed by atoms with Gasteiger partial charge in [-0.15, -0.1) is 11.6 Å². The molecule has 0 aromatic heterocycles. The second-order valence-corrected chi connectivity index (χ2v) is 7.55.